The quantitative estimate of drug-likeness (QED) is 0.857. The zero-order valence-electron chi connectivity index (χ0n) is 13.1. The molecule has 1 aliphatic carbocycles. The van der Waals surface area contributed by atoms with E-state index in [0.29, 0.717) is 22.0 Å². The molecule has 1 saturated carbocycles. The smallest absolute Gasteiger partial charge is 0.302 e. The summed E-state index contributed by atoms with van der Waals surface area (Å²) in [4.78, 5) is 16.8. The first-order valence-electron chi connectivity index (χ1n) is 7.69. The Balaban J connectivity index is 1.75. The lowest BCUT2D eigenvalue weighted by molar-refractivity contribution is -0.122. The molecule has 0 aliphatic heterocycles. The van der Waals surface area contributed by atoms with E-state index in [2.05, 4.69) is 31.1 Å². The highest BCUT2D eigenvalue weighted by atomic mass is 35.5. The maximum absolute atomic E-state index is 12.5. The Kier molecular flexibility index (Phi) is 3.89. The number of hydrogen-bond donors (Lipinski definition) is 1. The lowest BCUT2D eigenvalue weighted by Gasteiger charge is -2.38. The molecule has 1 heterocycles. The van der Waals surface area contributed by atoms with Crippen LogP contribution in [0.15, 0.2) is 22.6 Å². The van der Waals surface area contributed by atoms with E-state index < -0.39 is 0 Å². The summed E-state index contributed by atoms with van der Waals surface area (Å²) in [6, 6.07) is 5.48. The van der Waals surface area contributed by atoms with Crippen molar-refractivity contribution in [3.8, 4) is 0 Å². The third-order valence-electron chi connectivity index (χ3n) is 4.34. The van der Waals surface area contributed by atoms with Gasteiger partial charge in [-0.05, 0) is 42.7 Å². The van der Waals surface area contributed by atoms with Crippen molar-refractivity contribution in [1.82, 2.24) is 4.98 Å². The number of nitrogens with zero attached hydrogens (tertiary/aromatic N) is 1. The summed E-state index contributed by atoms with van der Waals surface area (Å²) < 4.78 is 5.56. The second kappa shape index (κ2) is 5.58. The van der Waals surface area contributed by atoms with E-state index in [-0.39, 0.29) is 23.3 Å². The molecule has 1 aliphatic rings. The molecule has 2 aromatic rings. The summed E-state index contributed by atoms with van der Waals surface area (Å²) in [5, 5.41) is 3.41. The monoisotopic (exact) mass is 320 g/mol. The van der Waals surface area contributed by atoms with Crippen molar-refractivity contribution in [2.45, 2.75) is 40.0 Å². The summed E-state index contributed by atoms with van der Waals surface area (Å²) in [6.45, 7) is 6.66. The van der Waals surface area contributed by atoms with Gasteiger partial charge in [0.2, 0.25) is 5.91 Å². The lowest BCUT2D eigenvalue weighted by atomic mass is 9.68. The van der Waals surface area contributed by atoms with Crippen LogP contribution in [0.4, 0.5) is 6.01 Å². The highest BCUT2D eigenvalue weighted by Crippen LogP contribution is 2.42. The molecular weight excluding hydrogens is 300 g/mol. The molecule has 1 aromatic carbocycles. The molecule has 2 unspecified atom stereocenters. The lowest BCUT2D eigenvalue weighted by Crippen LogP contribution is -2.34. The van der Waals surface area contributed by atoms with Gasteiger partial charge in [0.05, 0.1) is 0 Å². The highest BCUT2D eigenvalue weighted by molar-refractivity contribution is 6.31. The van der Waals surface area contributed by atoms with Gasteiger partial charge in [-0.3, -0.25) is 10.1 Å². The minimum Gasteiger partial charge on any atom is -0.423 e. The number of fused-ring (bicyclic) bond motifs is 1. The molecule has 22 heavy (non-hydrogen) atoms. The number of rotatable bonds is 2. The van der Waals surface area contributed by atoms with Crippen LogP contribution in [0, 0.1) is 17.3 Å². The zero-order chi connectivity index (χ0) is 15.9. The molecule has 0 spiro atoms. The third-order valence-corrected chi connectivity index (χ3v) is 4.57. The second-order valence-electron chi connectivity index (χ2n) is 7.23. The Morgan fingerprint density at radius 1 is 1.41 bits per heavy atom. The molecule has 3 rings (SSSR count). The van der Waals surface area contributed by atoms with Gasteiger partial charge in [0.15, 0.2) is 5.58 Å². The van der Waals surface area contributed by atoms with Gasteiger partial charge >= 0.3 is 6.01 Å². The van der Waals surface area contributed by atoms with Gasteiger partial charge in [0, 0.05) is 17.0 Å². The van der Waals surface area contributed by atoms with E-state index in [1.54, 1.807) is 18.2 Å². The molecule has 1 fully saturated rings. The van der Waals surface area contributed by atoms with E-state index in [9.17, 15) is 4.79 Å². The Hall–Kier alpha value is -1.55. The van der Waals surface area contributed by atoms with Gasteiger partial charge in [-0.25, -0.2) is 0 Å². The number of hydrogen-bond acceptors (Lipinski definition) is 3. The molecule has 118 valence electrons. The van der Waals surface area contributed by atoms with Crippen LogP contribution in [0.25, 0.3) is 11.1 Å². The van der Waals surface area contributed by atoms with Crippen molar-refractivity contribution >= 4 is 34.6 Å². The van der Waals surface area contributed by atoms with Gasteiger partial charge in [0.1, 0.15) is 5.52 Å². The molecular formula is C17H21ClN2O2. The van der Waals surface area contributed by atoms with Gasteiger partial charge in [-0.15, -0.1) is 0 Å². The molecule has 4 nitrogen and oxygen atoms in total. The fraction of sp³-hybridized carbons (Fsp3) is 0.529. The Morgan fingerprint density at radius 3 is 2.91 bits per heavy atom. The number of carbonyl (C=O) groups excluding carboxylic acids is 1. The fourth-order valence-corrected chi connectivity index (χ4v) is 3.87. The molecule has 1 aromatic heterocycles. The number of oxazole rings is 1. The first kappa shape index (κ1) is 15.3. The van der Waals surface area contributed by atoms with E-state index in [1.807, 2.05) is 0 Å². The topological polar surface area (TPSA) is 55.1 Å². The molecule has 1 amide bonds. The number of benzene rings is 1. The predicted octanol–water partition coefficient (Wildman–Crippen LogP) is 4.88. The number of halogens is 1. The number of nitrogens with one attached hydrogen (secondary N) is 1. The Labute approximate surface area is 135 Å². The Morgan fingerprint density at radius 2 is 2.18 bits per heavy atom. The Bertz CT molecular complexity index is 708. The maximum atomic E-state index is 12.5. The van der Waals surface area contributed by atoms with Gasteiger partial charge in [-0.1, -0.05) is 32.4 Å². The van der Waals surface area contributed by atoms with E-state index in [4.69, 9.17) is 16.0 Å². The molecule has 1 N–H and O–H groups in total. The van der Waals surface area contributed by atoms with Crippen molar-refractivity contribution in [2.24, 2.45) is 17.3 Å². The molecule has 5 heteroatoms. The van der Waals surface area contributed by atoms with Gasteiger partial charge in [-0.2, -0.15) is 4.98 Å². The number of amides is 1. The van der Waals surface area contributed by atoms with Gasteiger partial charge < -0.3 is 4.42 Å². The minimum atomic E-state index is -0.00252. The van der Waals surface area contributed by atoms with Crippen molar-refractivity contribution in [3.05, 3.63) is 23.2 Å². The van der Waals surface area contributed by atoms with Crippen molar-refractivity contribution < 1.29 is 9.21 Å². The zero-order valence-corrected chi connectivity index (χ0v) is 13.9. The van der Waals surface area contributed by atoms with Crippen molar-refractivity contribution in [2.75, 3.05) is 5.32 Å². The van der Waals surface area contributed by atoms with E-state index in [0.717, 1.165) is 19.3 Å². The van der Waals surface area contributed by atoms with Crippen LogP contribution in [0.2, 0.25) is 5.02 Å². The summed E-state index contributed by atoms with van der Waals surface area (Å²) in [5.74, 6) is 0.566. The minimum absolute atomic E-state index is 0.00252. The van der Waals surface area contributed by atoms with E-state index in [1.165, 1.54) is 0 Å². The highest BCUT2D eigenvalue weighted by Gasteiger charge is 2.35. The van der Waals surface area contributed by atoms with Crippen molar-refractivity contribution in [3.63, 3.8) is 0 Å². The van der Waals surface area contributed by atoms with Crippen LogP contribution in [-0.4, -0.2) is 10.9 Å². The SMILES string of the molecule is CC1CC(C(=O)Nc2nc3ccc(Cl)cc3o2)CC(C)(C)C1. The average Bonchev–Trinajstić information content (AvgIpc) is 2.77. The molecule has 2 atom stereocenters. The number of aromatic nitrogens is 1. The second-order valence-corrected chi connectivity index (χ2v) is 7.67. The molecule has 0 bridgehead atoms. The van der Waals surface area contributed by atoms with Crippen molar-refractivity contribution in [1.29, 1.82) is 0 Å². The standard InChI is InChI=1S/C17H21ClN2O2/c1-10-6-11(9-17(2,3)8-10)15(21)20-16-19-13-5-4-12(18)7-14(13)22-16/h4-5,7,10-11H,6,8-9H2,1-3H3,(H,19,20,21). The van der Waals surface area contributed by atoms with Crippen LogP contribution in [0.5, 0.6) is 0 Å². The summed E-state index contributed by atoms with van der Waals surface area (Å²) in [5.41, 5.74) is 1.48. The first-order chi connectivity index (χ1) is 10.3. The average molecular weight is 321 g/mol. The third kappa shape index (κ3) is 3.27. The van der Waals surface area contributed by atoms with E-state index >= 15 is 0 Å². The normalized spacial score (nSPS) is 24.4. The summed E-state index contributed by atoms with van der Waals surface area (Å²) in [7, 11) is 0. The largest absolute Gasteiger partial charge is 0.423 e. The van der Waals surface area contributed by atoms with Gasteiger partial charge in [0.25, 0.3) is 0 Å². The predicted molar refractivity (Wildman–Crippen MR) is 87.9 cm³/mol. The van der Waals surface area contributed by atoms with Crippen LogP contribution < -0.4 is 5.32 Å². The van der Waals surface area contributed by atoms with Crippen LogP contribution >= 0.6 is 11.6 Å². The maximum Gasteiger partial charge on any atom is 0.302 e. The molecule has 0 saturated heterocycles. The first-order valence-corrected chi connectivity index (χ1v) is 8.07. The fourth-order valence-electron chi connectivity index (χ4n) is 3.71. The number of carbonyl (C=O) groups is 1. The summed E-state index contributed by atoms with van der Waals surface area (Å²) >= 11 is 5.93. The summed E-state index contributed by atoms with van der Waals surface area (Å²) in [6.07, 6.45) is 2.98. The van der Waals surface area contributed by atoms with Crippen LogP contribution in [-0.2, 0) is 4.79 Å². The number of anilines is 1. The van der Waals surface area contributed by atoms with Crippen LogP contribution in [0.1, 0.15) is 40.0 Å². The molecule has 0 radical (unpaired) electrons. The van der Waals surface area contributed by atoms with Crippen LogP contribution in [0.3, 0.4) is 0 Å².